The Morgan fingerprint density at radius 3 is 2.89 bits per heavy atom. The molecule has 5 rings (SSSR count). The lowest BCUT2D eigenvalue weighted by atomic mass is 10.1. The van der Waals surface area contributed by atoms with E-state index < -0.39 is 0 Å². The average molecular weight is 364 g/mol. The third kappa shape index (κ3) is 3.35. The van der Waals surface area contributed by atoms with Crippen LogP contribution in [0.5, 0.6) is 5.75 Å². The smallest absolute Gasteiger partial charge is 0.154 e. The van der Waals surface area contributed by atoms with Crippen LogP contribution in [0.15, 0.2) is 36.7 Å². The summed E-state index contributed by atoms with van der Waals surface area (Å²) in [6, 6.07) is 8.13. The number of nitrogens with zero attached hydrogens (tertiary/aromatic N) is 6. The molecule has 0 bridgehead atoms. The minimum atomic E-state index is 0.619. The molecule has 0 spiro atoms. The summed E-state index contributed by atoms with van der Waals surface area (Å²) in [5.74, 6) is 3.69. The molecule has 0 unspecified atom stereocenters. The summed E-state index contributed by atoms with van der Waals surface area (Å²) in [7, 11) is 1.71. The summed E-state index contributed by atoms with van der Waals surface area (Å²) in [5.41, 5.74) is 2.31. The molecule has 1 fully saturated rings. The number of rotatable bonds is 5. The predicted octanol–water partition coefficient (Wildman–Crippen LogP) is 2.41. The Balaban J connectivity index is 1.35. The molecular formula is C20H24N6O. The first kappa shape index (κ1) is 16.5. The second kappa shape index (κ2) is 6.81. The molecule has 2 aromatic heterocycles. The Kier molecular flexibility index (Phi) is 4.16. The van der Waals surface area contributed by atoms with E-state index in [1.54, 1.807) is 7.11 Å². The lowest BCUT2D eigenvalue weighted by Crippen LogP contribution is -2.27. The van der Waals surface area contributed by atoms with E-state index in [-0.39, 0.29) is 0 Å². The topological polar surface area (TPSA) is 61.0 Å². The highest BCUT2D eigenvalue weighted by Gasteiger charge is 2.29. The highest BCUT2D eigenvalue weighted by atomic mass is 16.5. The van der Waals surface area contributed by atoms with Gasteiger partial charge in [-0.2, -0.15) is 10.2 Å². The number of benzene rings is 1. The number of hydrogen-bond donors (Lipinski definition) is 0. The Labute approximate surface area is 158 Å². The van der Waals surface area contributed by atoms with E-state index in [9.17, 15) is 0 Å². The van der Waals surface area contributed by atoms with Gasteiger partial charge in [0.25, 0.3) is 0 Å². The Bertz CT molecular complexity index is 903. The lowest BCUT2D eigenvalue weighted by Gasteiger charge is -2.21. The molecule has 7 nitrogen and oxygen atoms in total. The first-order valence-corrected chi connectivity index (χ1v) is 9.63. The van der Waals surface area contributed by atoms with Gasteiger partial charge >= 0.3 is 0 Å². The summed E-state index contributed by atoms with van der Waals surface area (Å²) in [6.45, 7) is 3.71. The van der Waals surface area contributed by atoms with Gasteiger partial charge in [0.05, 0.1) is 19.3 Å². The zero-order valence-electron chi connectivity index (χ0n) is 15.6. The molecule has 27 heavy (non-hydrogen) atoms. The van der Waals surface area contributed by atoms with Crippen molar-refractivity contribution < 1.29 is 4.74 Å². The summed E-state index contributed by atoms with van der Waals surface area (Å²) in [4.78, 5) is 7.26. The first-order valence-electron chi connectivity index (χ1n) is 9.63. The predicted molar refractivity (Wildman–Crippen MR) is 101 cm³/mol. The Morgan fingerprint density at radius 2 is 2.11 bits per heavy atom. The van der Waals surface area contributed by atoms with Crippen molar-refractivity contribution in [1.29, 1.82) is 0 Å². The lowest BCUT2D eigenvalue weighted by molar-refractivity contribution is 0.267. The van der Waals surface area contributed by atoms with Crippen LogP contribution in [0.2, 0.25) is 0 Å². The van der Waals surface area contributed by atoms with Crippen molar-refractivity contribution >= 4 is 0 Å². The second-order valence-electron chi connectivity index (χ2n) is 7.36. The first-order chi connectivity index (χ1) is 13.3. The number of hydrogen-bond acceptors (Lipinski definition) is 5. The standard InChI is InChI=1S/C20H24N6O/c1-27-17-5-6-18(25-9-2-8-21-25)16(13-17)14-24-10-7-19-22-20(15-3-4-15)23-26(19)12-11-24/h2,5-6,8-9,13,15H,3-4,7,10-12,14H2,1H3. The van der Waals surface area contributed by atoms with Crippen LogP contribution in [0.25, 0.3) is 5.69 Å². The fraction of sp³-hybridized carbons (Fsp3) is 0.450. The minimum absolute atomic E-state index is 0.619. The van der Waals surface area contributed by atoms with Gasteiger partial charge in [0.15, 0.2) is 5.82 Å². The molecule has 1 aliphatic carbocycles. The van der Waals surface area contributed by atoms with Gasteiger partial charge in [-0.3, -0.25) is 4.90 Å². The van der Waals surface area contributed by atoms with Gasteiger partial charge in [0.1, 0.15) is 11.6 Å². The Morgan fingerprint density at radius 1 is 1.19 bits per heavy atom. The van der Waals surface area contributed by atoms with E-state index in [0.29, 0.717) is 5.92 Å². The van der Waals surface area contributed by atoms with Crippen molar-refractivity contribution in [2.45, 2.75) is 38.3 Å². The molecule has 1 saturated carbocycles. The molecular weight excluding hydrogens is 340 g/mol. The molecule has 0 N–H and O–H groups in total. The maximum atomic E-state index is 5.45. The fourth-order valence-corrected chi connectivity index (χ4v) is 3.73. The van der Waals surface area contributed by atoms with E-state index in [4.69, 9.17) is 14.8 Å². The highest BCUT2D eigenvalue weighted by molar-refractivity contribution is 5.45. The van der Waals surface area contributed by atoms with Crippen LogP contribution in [0.4, 0.5) is 0 Å². The molecule has 2 aliphatic rings. The second-order valence-corrected chi connectivity index (χ2v) is 7.36. The van der Waals surface area contributed by atoms with Gasteiger partial charge in [0.2, 0.25) is 0 Å². The molecule has 7 heteroatoms. The van der Waals surface area contributed by atoms with Crippen LogP contribution in [0.1, 0.15) is 36.0 Å². The summed E-state index contributed by atoms with van der Waals surface area (Å²) < 4.78 is 9.48. The van der Waals surface area contributed by atoms with Crippen LogP contribution >= 0.6 is 0 Å². The largest absolute Gasteiger partial charge is 0.497 e. The molecule has 3 heterocycles. The summed E-state index contributed by atoms with van der Waals surface area (Å²) in [5, 5.41) is 9.15. The van der Waals surface area contributed by atoms with Gasteiger partial charge in [0, 0.05) is 44.4 Å². The Hall–Kier alpha value is -2.67. The molecule has 3 aromatic rings. The maximum absolute atomic E-state index is 5.45. The zero-order valence-corrected chi connectivity index (χ0v) is 15.6. The van der Waals surface area contributed by atoms with Crippen molar-refractivity contribution in [2.24, 2.45) is 0 Å². The third-order valence-corrected chi connectivity index (χ3v) is 5.42. The zero-order chi connectivity index (χ0) is 18.2. The number of ether oxygens (including phenoxy) is 1. The van der Waals surface area contributed by atoms with Crippen LogP contribution in [-0.4, -0.2) is 49.6 Å². The van der Waals surface area contributed by atoms with E-state index in [0.717, 1.165) is 55.7 Å². The van der Waals surface area contributed by atoms with Gasteiger partial charge in [-0.25, -0.2) is 14.3 Å². The summed E-state index contributed by atoms with van der Waals surface area (Å²) in [6.07, 6.45) is 7.23. The average Bonchev–Trinajstić information content (AvgIpc) is 3.30. The van der Waals surface area contributed by atoms with E-state index in [1.165, 1.54) is 18.4 Å². The van der Waals surface area contributed by atoms with Gasteiger partial charge < -0.3 is 4.74 Å². The van der Waals surface area contributed by atoms with E-state index in [1.807, 2.05) is 29.2 Å². The van der Waals surface area contributed by atoms with Crippen molar-refractivity contribution in [2.75, 3.05) is 20.2 Å². The van der Waals surface area contributed by atoms with Gasteiger partial charge in [-0.05, 0) is 42.7 Å². The van der Waals surface area contributed by atoms with Gasteiger partial charge in [-0.1, -0.05) is 0 Å². The molecule has 1 aliphatic heterocycles. The van der Waals surface area contributed by atoms with Crippen molar-refractivity contribution in [3.63, 3.8) is 0 Å². The molecule has 0 amide bonds. The number of methoxy groups -OCH3 is 1. The van der Waals surface area contributed by atoms with Crippen LogP contribution in [-0.2, 0) is 19.5 Å². The van der Waals surface area contributed by atoms with Crippen molar-refractivity contribution in [3.8, 4) is 11.4 Å². The number of fused-ring (bicyclic) bond motifs is 1. The van der Waals surface area contributed by atoms with Crippen molar-refractivity contribution in [1.82, 2.24) is 29.4 Å². The monoisotopic (exact) mass is 364 g/mol. The molecule has 140 valence electrons. The van der Waals surface area contributed by atoms with E-state index >= 15 is 0 Å². The normalized spacial score (nSPS) is 17.5. The van der Waals surface area contributed by atoms with Crippen LogP contribution in [0, 0.1) is 0 Å². The summed E-state index contributed by atoms with van der Waals surface area (Å²) >= 11 is 0. The minimum Gasteiger partial charge on any atom is -0.497 e. The molecule has 0 atom stereocenters. The number of aromatic nitrogens is 5. The van der Waals surface area contributed by atoms with Crippen LogP contribution < -0.4 is 4.74 Å². The van der Waals surface area contributed by atoms with Crippen molar-refractivity contribution in [3.05, 3.63) is 53.9 Å². The van der Waals surface area contributed by atoms with E-state index in [2.05, 4.69) is 26.8 Å². The van der Waals surface area contributed by atoms with Crippen LogP contribution in [0.3, 0.4) is 0 Å². The molecule has 1 aromatic carbocycles. The fourth-order valence-electron chi connectivity index (χ4n) is 3.73. The SMILES string of the molecule is COc1ccc(-n2cccn2)c(CN2CCc3nc(C4CC4)nn3CC2)c1. The maximum Gasteiger partial charge on any atom is 0.154 e. The quantitative estimate of drug-likeness (QED) is 0.696. The van der Waals surface area contributed by atoms with Gasteiger partial charge in [-0.15, -0.1) is 0 Å². The molecule has 0 saturated heterocycles. The third-order valence-electron chi connectivity index (χ3n) is 5.42. The highest BCUT2D eigenvalue weighted by Crippen LogP contribution is 2.38. The molecule has 0 radical (unpaired) electrons.